The molecule has 0 spiro atoms. The summed E-state index contributed by atoms with van der Waals surface area (Å²) in [6.45, 7) is 13.5. The molecule has 2 aliphatic rings. The van der Waals surface area contributed by atoms with Crippen LogP contribution < -0.4 is 24.8 Å². The minimum atomic E-state index is 0. The summed E-state index contributed by atoms with van der Waals surface area (Å²) >= 11 is 0. The number of hydrogen-bond donors (Lipinski definition) is 0. The average Bonchev–Trinajstić information content (AvgIpc) is 3.35. The smallest absolute Gasteiger partial charge is 1.00 e. The van der Waals surface area contributed by atoms with Crippen LogP contribution in [0, 0.1) is 12.1 Å². The van der Waals surface area contributed by atoms with Gasteiger partial charge in [-0.3, -0.25) is 0 Å². The van der Waals surface area contributed by atoms with Crippen LogP contribution in [0.25, 0.3) is 22.3 Å². The van der Waals surface area contributed by atoms with Gasteiger partial charge in [0.1, 0.15) is 0 Å². The van der Waals surface area contributed by atoms with Crippen molar-refractivity contribution in [3.63, 3.8) is 0 Å². The molecule has 3 heteroatoms. The van der Waals surface area contributed by atoms with E-state index in [9.17, 15) is 0 Å². The molecule has 0 N–H and O–H groups in total. The number of fused-ring (bicyclic) bond motifs is 6. The normalized spacial score (nSPS) is 12.3. The van der Waals surface area contributed by atoms with Crippen LogP contribution in [0.2, 0.25) is 0 Å². The van der Waals surface area contributed by atoms with Crippen molar-refractivity contribution in [1.82, 2.24) is 0 Å². The maximum atomic E-state index is 3.61. The quantitative estimate of drug-likeness (QED) is 0.234. The summed E-state index contributed by atoms with van der Waals surface area (Å²) in [7, 11) is 0. The van der Waals surface area contributed by atoms with E-state index in [1.54, 1.807) is 0 Å². The molecule has 0 saturated carbocycles. The Balaban J connectivity index is 0.000000241. The topological polar surface area (TPSA) is 0 Å². The summed E-state index contributed by atoms with van der Waals surface area (Å²) in [5.41, 5.74) is 14.1. The first-order chi connectivity index (χ1) is 16.1. The van der Waals surface area contributed by atoms with Gasteiger partial charge >= 0.3 is 26.2 Å². The van der Waals surface area contributed by atoms with Gasteiger partial charge in [-0.25, -0.2) is 0 Å². The Bertz CT molecular complexity index is 1270. The van der Waals surface area contributed by atoms with Crippen molar-refractivity contribution in [2.75, 3.05) is 0 Å². The third-order valence-electron chi connectivity index (χ3n) is 7.02. The van der Waals surface area contributed by atoms with Gasteiger partial charge in [0.05, 0.1) is 0 Å². The van der Waals surface area contributed by atoms with Gasteiger partial charge in [-0.15, -0.1) is 22.3 Å². The van der Waals surface area contributed by atoms with Gasteiger partial charge in [-0.1, -0.05) is 112 Å². The zero-order valence-electron chi connectivity index (χ0n) is 22.6. The summed E-state index contributed by atoms with van der Waals surface area (Å²) in [6.07, 6.45) is 2.07. The van der Waals surface area contributed by atoms with Gasteiger partial charge < -0.3 is 24.8 Å². The molecule has 0 heterocycles. The van der Waals surface area contributed by atoms with Gasteiger partial charge in [0.15, 0.2) is 0 Å². The molecule has 0 bridgehead atoms. The third-order valence-corrected chi connectivity index (χ3v) is 7.02. The molecule has 0 unspecified atom stereocenters. The van der Waals surface area contributed by atoms with Crippen LogP contribution in [0.1, 0.15) is 74.9 Å². The first-order valence-corrected chi connectivity index (χ1v) is 12.4. The Hall–Kier alpha value is -1.66. The minimum Gasteiger partial charge on any atom is -1.00 e. The molecule has 0 amide bonds. The molecule has 0 radical (unpaired) electrons. The summed E-state index contributed by atoms with van der Waals surface area (Å²) in [6, 6.07) is 33.5. The molecule has 0 aliphatic heterocycles. The fraction of sp³-hybridized carbons (Fsp3) is 0.294. The Labute approximate surface area is 255 Å². The molecule has 0 aromatic heterocycles. The van der Waals surface area contributed by atoms with E-state index < -0.39 is 0 Å². The van der Waals surface area contributed by atoms with Crippen molar-refractivity contribution >= 4 is 0 Å². The van der Waals surface area contributed by atoms with Crippen LogP contribution in [0.4, 0.5) is 0 Å². The Morgan fingerprint density at radius 3 is 1.19 bits per heavy atom. The molecular formula is C34H34Cl2Zr. The molecule has 0 nitrogen and oxygen atoms in total. The summed E-state index contributed by atoms with van der Waals surface area (Å²) < 4.78 is 0. The van der Waals surface area contributed by atoms with Gasteiger partial charge in [-0.2, -0.15) is 47.5 Å². The summed E-state index contributed by atoms with van der Waals surface area (Å²) in [5.74, 6) is 0. The van der Waals surface area contributed by atoms with E-state index in [-0.39, 0.29) is 61.8 Å². The van der Waals surface area contributed by atoms with Crippen molar-refractivity contribution in [2.24, 2.45) is 0 Å². The van der Waals surface area contributed by atoms with Crippen LogP contribution in [0.5, 0.6) is 0 Å². The third kappa shape index (κ3) is 6.50. The monoisotopic (exact) mass is 602 g/mol. The van der Waals surface area contributed by atoms with Gasteiger partial charge in [-0.05, 0) is 23.7 Å². The molecule has 2 aliphatic carbocycles. The van der Waals surface area contributed by atoms with Gasteiger partial charge in [0.2, 0.25) is 0 Å². The molecule has 0 fully saturated rings. The first kappa shape index (κ1) is 31.6. The van der Waals surface area contributed by atoms with E-state index in [0.29, 0.717) is 0 Å². The zero-order valence-corrected chi connectivity index (χ0v) is 26.6. The fourth-order valence-electron chi connectivity index (χ4n) is 4.99. The van der Waals surface area contributed by atoms with Crippen LogP contribution in [-0.4, -0.2) is 0 Å². The van der Waals surface area contributed by atoms with Crippen molar-refractivity contribution in [3.05, 3.63) is 118 Å². The maximum Gasteiger partial charge on any atom is 4.00 e. The van der Waals surface area contributed by atoms with Crippen LogP contribution in [0.3, 0.4) is 0 Å². The predicted molar refractivity (Wildman–Crippen MR) is 144 cm³/mol. The fourth-order valence-corrected chi connectivity index (χ4v) is 4.99. The van der Waals surface area contributed by atoms with E-state index >= 15 is 0 Å². The number of hydrogen-bond acceptors (Lipinski definition) is 0. The first-order valence-electron chi connectivity index (χ1n) is 12.4. The van der Waals surface area contributed by atoms with E-state index in [1.165, 1.54) is 55.6 Å². The average molecular weight is 605 g/mol. The van der Waals surface area contributed by atoms with E-state index in [2.05, 4.69) is 126 Å². The zero-order chi connectivity index (χ0) is 24.1. The van der Waals surface area contributed by atoms with E-state index in [1.807, 2.05) is 0 Å². The van der Waals surface area contributed by atoms with Crippen molar-refractivity contribution in [2.45, 2.75) is 65.2 Å². The molecule has 6 rings (SSSR count). The maximum absolute atomic E-state index is 3.61. The molecule has 4 aromatic rings. The van der Waals surface area contributed by atoms with Crippen LogP contribution in [-0.2, 0) is 49.9 Å². The predicted octanol–water partition coefficient (Wildman–Crippen LogP) is 2.72. The molecular weight excluding hydrogens is 571 g/mol. The minimum absolute atomic E-state index is 0. The number of benzene rings is 4. The second kappa shape index (κ2) is 12.0. The van der Waals surface area contributed by atoms with Crippen molar-refractivity contribution in [1.29, 1.82) is 0 Å². The van der Waals surface area contributed by atoms with Crippen LogP contribution in [0.15, 0.2) is 72.8 Å². The Kier molecular flexibility index (Phi) is 10.3. The second-order valence-electron chi connectivity index (χ2n) is 11.7. The standard InChI is InChI=1S/2C17H17.2ClH.Zr/c2*1-17(2,3)14-8-9-16-13(11-14)10-12-6-4-5-7-15(12)16;;;/h2*4-9H,10H2,1-3H3;2*1H;/q2*-1;;;+4/p-2. The molecule has 188 valence electrons. The Morgan fingerprint density at radius 1 is 0.486 bits per heavy atom. The van der Waals surface area contributed by atoms with Crippen LogP contribution >= 0.6 is 0 Å². The number of halogens is 2. The van der Waals surface area contributed by atoms with Gasteiger partial charge in [0.25, 0.3) is 0 Å². The van der Waals surface area contributed by atoms with E-state index in [4.69, 9.17) is 0 Å². The second-order valence-corrected chi connectivity index (χ2v) is 11.7. The molecule has 4 aromatic carbocycles. The largest absolute Gasteiger partial charge is 4.00 e. The summed E-state index contributed by atoms with van der Waals surface area (Å²) in [4.78, 5) is 0. The van der Waals surface area contributed by atoms with Crippen molar-refractivity contribution in [3.8, 4) is 22.3 Å². The molecule has 0 saturated heterocycles. The molecule has 37 heavy (non-hydrogen) atoms. The van der Waals surface area contributed by atoms with Gasteiger partial charge in [0, 0.05) is 0 Å². The Morgan fingerprint density at radius 2 is 0.838 bits per heavy atom. The summed E-state index contributed by atoms with van der Waals surface area (Å²) in [5, 5.41) is 0. The van der Waals surface area contributed by atoms with E-state index in [0.717, 1.165) is 12.8 Å². The number of rotatable bonds is 0. The molecule has 0 atom stereocenters. The van der Waals surface area contributed by atoms with Crippen molar-refractivity contribution < 1.29 is 51.0 Å². The SMILES string of the molecule is CC(C)(C)c1[c-]c2c(cc1)-c1ccccc1C2.CC(C)(C)c1[c-]c2c(cc1)-c1ccccc1C2.[Cl-].[Cl-].[Zr+4].